The second-order valence-electron chi connectivity index (χ2n) is 16.6. The molecule has 5 heterocycles. The third-order valence-electron chi connectivity index (χ3n) is 13.5. The number of fused-ring (bicyclic) bond motifs is 2. The van der Waals surface area contributed by atoms with E-state index in [1.807, 2.05) is 24.3 Å². The van der Waals surface area contributed by atoms with E-state index in [0.29, 0.717) is 48.0 Å². The molecule has 10 nitrogen and oxygen atoms in total. The van der Waals surface area contributed by atoms with Crippen LogP contribution in [0.3, 0.4) is 0 Å². The summed E-state index contributed by atoms with van der Waals surface area (Å²) in [6, 6.07) is 21.0. The second-order valence-corrected chi connectivity index (χ2v) is 16.6. The van der Waals surface area contributed by atoms with Crippen molar-refractivity contribution in [3.8, 4) is 5.75 Å². The first-order valence-electron chi connectivity index (χ1n) is 20.4. The number of amides is 3. The number of anilines is 2. The highest BCUT2D eigenvalue weighted by atomic mass is 16.5. The van der Waals surface area contributed by atoms with Gasteiger partial charge in [-0.05, 0) is 127 Å². The molecule has 54 heavy (non-hydrogen) atoms. The number of carbonyl (C=O) groups excluding carboxylic acids is 3. The Kier molecular flexibility index (Phi) is 9.82. The molecule has 6 aliphatic rings. The van der Waals surface area contributed by atoms with Gasteiger partial charge >= 0.3 is 0 Å². The zero-order chi connectivity index (χ0) is 36.8. The van der Waals surface area contributed by atoms with Crippen molar-refractivity contribution in [1.82, 2.24) is 15.1 Å². The van der Waals surface area contributed by atoms with Gasteiger partial charge in [-0.3, -0.25) is 24.6 Å². The maximum absolute atomic E-state index is 13.2. The molecule has 9 rings (SSSR count). The van der Waals surface area contributed by atoms with Crippen molar-refractivity contribution in [2.24, 2.45) is 17.8 Å². The Morgan fingerprint density at radius 1 is 0.722 bits per heavy atom. The minimum absolute atomic E-state index is 0.119. The SMILES string of the molecule is O=C1CCC(N2Cc3cc(N4CCN(CC5CCN(c6ccc([C@@H]7c8ccc(O)cc8CC[C@@H]7C7CCOCC7)cc6)CC5)CC4)ccc3C2=O)C(=O)N1. The lowest BCUT2D eigenvalue weighted by Crippen LogP contribution is -2.52. The van der Waals surface area contributed by atoms with Gasteiger partial charge in [-0.25, -0.2) is 0 Å². The average Bonchev–Trinajstić information content (AvgIpc) is 3.53. The molecule has 0 radical (unpaired) electrons. The Balaban J connectivity index is 0.773. The van der Waals surface area contributed by atoms with Crippen LogP contribution in [0.4, 0.5) is 11.4 Å². The molecule has 4 fully saturated rings. The van der Waals surface area contributed by atoms with Gasteiger partial charge in [0.15, 0.2) is 0 Å². The summed E-state index contributed by atoms with van der Waals surface area (Å²) < 4.78 is 5.74. The minimum Gasteiger partial charge on any atom is -0.508 e. The number of benzene rings is 3. The van der Waals surface area contributed by atoms with E-state index in [1.54, 1.807) is 4.90 Å². The second kappa shape index (κ2) is 15.0. The van der Waals surface area contributed by atoms with Crippen molar-refractivity contribution in [2.45, 2.75) is 69.9 Å². The van der Waals surface area contributed by atoms with Gasteiger partial charge in [-0.15, -0.1) is 0 Å². The van der Waals surface area contributed by atoms with E-state index in [9.17, 15) is 19.5 Å². The highest BCUT2D eigenvalue weighted by molar-refractivity contribution is 6.05. The number of phenols is 1. The molecule has 0 spiro atoms. The highest BCUT2D eigenvalue weighted by Crippen LogP contribution is 2.47. The van der Waals surface area contributed by atoms with Crippen molar-refractivity contribution in [2.75, 3.05) is 68.8 Å². The molecule has 5 aliphatic heterocycles. The molecule has 284 valence electrons. The van der Waals surface area contributed by atoms with Crippen molar-refractivity contribution in [3.05, 3.63) is 88.5 Å². The standard InChI is InChI=1S/C44H53N5O5/c50-36-7-10-38-32(26-36)3-8-37(30-15-23-54-24-16-30)42(38)31-1-4-34(5-2-31)47-17-13-29(14-18-47)27-46-19-21-48(22-20-46)35-6-9-39-33(25-35)28-49(44(39)53)40-11-12-41(51)45-43(40)52/h1-2,4-7,9-10,25-26,29-30,37,40,42,50H,3,8,11-24,27-28H2,(H,45,51,52)/t37-,40?,42+/m1/s1. The molecule has 3 atom stereocenters. The third-order valence-corrected chi connectivity index (χ3v) is 13.5. The molecular weight excluding hydrogens is 679 g/mol. The average molecular weight is 732 g/mol. The molecule has 3 aromatic carbocycles. The largest absolute Gasteiger partial charge is 0.508 e. The smallest absolute Gasteiger partial charge is 0.255 e. The molecule has 4 saturated heterocycles. The van der Waals surface area contributed by atoms with Crippen molar-refractivity contribution >= 4 is 29.1 Å². The summed E-state index contributed by atoms with van der Waals surface area (Å²) in [6.45, 7) is 9.44. The van der Waals surface area contributed by atoms with Crippen LogP contribution in [0.2, 0.25) is 0 Å². The van der Waals surface area contributed by atoms with Crippen LogP contribution in [0, 0.1) is 17.8 Å². The van der Waals surface area contributed by atoms with Crippen molar-refractivity contribution in [3.63, 3.8) is 0 Å². The summed E-state index contributed by atoms with van der Waals surface area (Å²) in [7, 11) is 0. The Bertz CT molecular complexity index is 1880. The molecule has 1 unspecified atom stereocenters. The number of nitrogens with one attached hydrogen (secondary N) is 1. The zero-order valence-corrected chi connectivity index (χ0v) is 31.3. The van der Waals surface area contributed by atoms with Gasteiger partial charge in [0.05, 0.1) is 0 Å². The van der Waals surface area contributed by atoms with E-state index >= 15 is 0 Å². The van der Waals surface area contributed by atoms with Crippen LogP contribution in [-0.4, -0.2) is 97.7 Å². The first-order valence-corrected chi connectivity index (χ1v) is 20.4. The van der Waals surface area contributed by atoms with Crippen LogP contribution < -0.4 is 15.1 Å². The number of aryl methyl sites for hydroxylation is 1. The summed E-state index contributed by atoms with van der Waals surface area (Å²) in [4.78, 5) is 46.5. The Morgan fingerprint density at radius 3 is 2.22 bits per heavy atom. The molecule has 3 aromatic rings. The van der Waals surface area contributed by atoms with Gasteiger partial charge in [0.2, 0.25) is 11.8 Å². The summed E-state index contributed by atoms with van der Waals surface area (Å²) >= 11 is 0. The number of hydrogen-bond acceptors (Lipinski definition) is 8. The molecule has 0 bridgehead atoms. The van der Waals surface area contributed by atoms with Crippen molar-refractivity contribution in [1.29, 1.82) is 0 Å². The molecule has 2 N–H and O–H groups in total. The molecule has 3 amide bonds. The first kappa shape index (κ1) is 35.3. The normalized spacial score (nSPS) is 25.8. The van der Waals surface area contributed by atoms with E-state index < -0.39 is 6.04 Å². The number of piperidine rings is 2. The zero-order valence-electron chi connectivity index (χ0n) is 31.3. The number of rotatable bonds is 7. The number of ether oxygens (including phenoxy) is 1. The van der Waals surface area contributed by atoms with Crippen LogP contribution in [-0.2, 0) is 27.3 Å². The van der Waals surface area contributed by atoms with Crippen molar-refractivity contribution < 1.29 is 24.2 Å². The number of nitrogens with zero attached hydrogens (tertiary/aromatic N) is 4. The fourth-order valence-electron chi connectivity index (χ4n) is 10.5. The molecular formula is C44H53N5O5. The topological polar surface area (TPSA) is 106 Å². The fourth-order valence-corrected chi connectivity index (χ4v) is 10.5. The molecule has 10 heteroatoms. The molecule has 0 aromatic heterocycles. The predicted octanol–water partition coefficient (Wildman–Crippen LogP) is 5.31. The predicted molar refractivity (Wildman–Crippen MR) is 208 cm³/mol. The molecule has 1 aliphatic carbocycles. The lowest BCUT2D eigenvalue weighted by atomic mass is 9.65. The number of imide groups is 1. The van der Waals surface area contributed by atoms with Crippen LogP contribution in [0.25, 0.3) is 0 Å². The van der Waals surface area contributed by atoms with Gasteiger partial charge < -0.3 is 24.5 Å². The van der Waals surface area contributed by atoms with Crippen LogP contribution >= 0.6 is 0 Å². The maximum atomic E-state index is 13.2. The highest BCUT2D eigenvalue weighted by Gasteiger charge is 2.40. The van der Waals surface area contributed by atoms with E-state index in [1.165, 1.54) is 41.6 Å². The lowest BCUT2D eigenvalue weighted by molar-refractivity contribution is -0.136. The minimum atomic E-state index is -0.583. The third kappa shape index (κ3) is 6.99. The van der Waals surface area contributed by atoms with E-state index in [-0.39, 0.29) is 24.1 Å². The van der Waals surface area contributed by atoms with E-state index in [0.717, 1.165) is 89.5 Å². The first-order chi connectivity index (χ1) is 26.4. The summed E-state index contributed by atoms with van der Waals surface area (Å²) in [5.74, 6) is 1.96. The number of aromatic hydroxyl groups is 1. The monoisotopic (exact) mass is 731 g/mol. The Hall–Kier alpha value is -4.41. The van der Waals surface area contributed by atoms with Crippen LogP contribution in [0.15, 0.2) is 60.7 Å². The number of piperazine rings is 1. The van der Waals surface area contributed by atoms with E-state index in [2.05, 4.69) is 56.4 Å². The Morgan fingerprint density at radius 2 is 1.46 bits per heavy atom. The Labute approximate surface area is 318 Å². The number of phenolic OH excluding ortho intramolecular Hbond substituents is 1. The summed E-state index contributed by atoms with van der Waals surface area (Å²) in [5, 5.41) is 12.6. The lowest BCUT2D eigenvalue weighted by Gasteiger charge is -2.41. The van der Waals surface area contributed by atoms with Gasteiger partial charge in [-0.2, -0.15) is 0 Å². The molecule has 0 saturated carbocycles. The number of hydrogen-bond donors (Lipinski definition) is 2. The van der Waals surface area contributed by atoms with E-state index in [4.69, 9.17) is 4.74 Å². The fraction of sp³-hybridized carbons (Fsp3) is 0.523. The number of carbonyl (C=O) groups is 3. The summed E-state index contributed by atoms with van der Waals surface area (Å²) in [5.41, 5.74) is 8.19. The van der Waals surface area contributed by atoms with Crippen LogP contribution in [0.1, 0.15) is 83.5 Å². The van der Waals surface area contributed by atoms with Gasteiger partial charge in [-0.1, -0.05) is 18.2 Å². The maximum Gasteiger partial charge on any atom is 0.255 e. The quantitative estimate of drug-likeness (QED) is 0.315. The van der Waals surface area contributed by atoms with Gasteiger partial charge in [0.1, 0.15) is 11.8 Å². The summed E-state index contributed by atoms with van der Waals surface area (Å²) in [6.07, 6.45) is 7.55. The van der Waals surface area contributed by atoms with Crippen LogP contribution in [0.5, 0.6) is 5.75 Å². The van der Waals surface area contributed by atoms with Gasteiger partial charge in [0.25, 0.3) is 5.91 Å². The van der Waals surface area contributed by atoms with Gasteiger partial charge in [0, 0.05) is 94.8 Å².